The molecule has 0 aliphatic rings. The molecule has 0 aliphatic heterocycles. The molecule has 0 saturated carbocycles. The zero-order valence-corrected chi connectivity index (χ0v) is 17.1. The van der Waals surface area contributed by atoms with Crippen molar-refractivity contribution in [3.8, 4) is 0 Å². The van der Waals surface area contributed by atoms with E-state index >= 15 is 0 Å². The number of benzene rings is 1. The van der Waals surface area contributed by atoms with Crippen LogP contribution in [-0.2, 0) is 46.6 Å². The first-order valence-electron chi connectivity index (χ1n) is 8.89. The smallest absolute Gasteiger partial charge is 0.362 e. The Morgan fingerprint density at radius 2 is 1.97 bits per heavy atom. The van der Waals surface area contributed by atoms with Gasteiger partial charge in [-0.25, -0.2) is 19.1 Å². The van der Waals surface area contributed by atoms with Gasteiger partial charge in [-0.1, -0.05) is 43.7 Å². The Kier molecular flexibility index (Phi) is 10.5. The largest absolute Gasteiger partial charge is 0.760 e. The van der Waals surface area contributed by atoms with Gasteiger partial charge < -0.3 is 24.6 Å². The van der Waals surface area contributed by atoms with Gasteiger partial charge in [-0.2, -0.15) is 5.90 Å². The Labute approximate surface area is 176 Å². The van der Waals surface area contributed by atoms with E-state index in [0.717, 1.165) is 6.08 Å². The van der Waals surface area contributed by atoms with Gasteiger partial charge in [0.05, 0.1) is 0 Å². The quantitative estimate of drug-likeness (QED) is 0.0685. The molecule has 11 nitrogen and oxygen atoms in total. The Bertz CT molecular complexity index is 787. The molecule has 1 rings (SSSR count). The number of unbranched alkanes of at least 4 members (excludes halogenated alkanes) is 1. The van der Waals surface area contributed by atoms with Crippen molar-refractivity contribution in [2.75, 3.05) is 6.61 Å². The van der Waals surface area contributed by atoms with E-state index in [2.05, 4.69) is 4.84 Å². The number of rotatable bonds is 13. The molecule has 0 radical (unpaired) electrons. The van der Waals surface area contributed by atoms with Crippen LogP contribution in [0.1, 0.15) is 31.7 Å². The van der Waals surface area contributed by atoms with Crippen LogP contribution >= 0.6 is 0 Å². The molecule has 2 unspecified atom stereocenters. The number of carbonyl (C=O) groups excluding carboxylic acids is 3. The van der Waals surface area contributed by atoms with E-state index in [-0.39, 0.29) is 13.2 Å². The first-order valence-corrected chi connectivity index (χ1v) is 9.96. The minimum absolute atomic E-state index is 0.0710. The van der Waals surface area contributed by atoms with E-state index in [1.54, 1.807) is 35.1 Å². The number of ether oxygens (including phenoxy) is 2. The maximum Gasteiger partial charge on any atom is 0.362 e. The molecule has 0 heterocycles. The van der Waals surface area contributed by atoms with Crippen molar-refractivity contribution in [3.63, 3.8) is 0 Å². The van der Waals surface area contributed by atoms with E-state index in [4.69, 9.17) is 21.1 Å². The maximum absolute atomic E-state index is 13.0. The summed E-state index contributed by atoms with van der Waals surface area (Å²) in [5.74, 6) is 3.40. The average Bonchev–Trinajstić information content (AvgIpc) is 2.74. The minimum atomic E-state index is -3.21. The van der Waals surface area contributed by atoms with Crippen molar-refractivity contribution in [3.05, 3.63) is 42.0 Å². The van der Waals surface area contributed by atoms with Crippen molar-refractivity contribution < 1.29 is 37.5 Å². The van der Waals surface area contributed by atoms with E-state index in [9.17, 15) is 23.1 Å². The molecule has 166 valence electrons. The van der Waals surface area contributed by atoms with E-state index in [1.165, 1.54) is 5.94 Å². The molecule has 0 aliphatic carbocycles. The summed E-state index contributed by atoms with van der Waals surface area (Å²) in [6, 6.07) is 8.38. The number of carbonyl (C=O) groups is 2. The van der Waals surface area contributed by atoms with Gasteiger partial charge in [0.1, 0.15) is 12.5 Å². The Morgan fingerprint density at radius 1 is 1.30 bits per heavy atom. The van der Waals surface area contributed by atoms with Crippen LogP contribution in [0.5, 0.6) is 0 Å². The van der Waals surface area contributed by atoms with Gasteiger partial charge in [0.25, 0.3) is 5.54 Å². The van der Waals surface area contributed by atoms with Gasteiger partial charge in [0, 0.05) is 30.4 Å². The van der Waals surface area contributed by atoms with Gasteiger partial charge in [-0.3, -0.25) is 4.21 Å². The fourth-order valence-corrected chi connectivity index (χ4v) is 3.14. The predicted octanol–water partition coefficient (Wildman–Crippen LogP) is -0.481. The van der Waals surface area contributed by atoms with Crippen LogP contribution in [0.3, 0.4) is 0 Å². The van der Waals surface area contributed by atoms with Gasteiger partial charge in [0.2, 0.25) is 0 Å². The molecule has 0 spiro atoms. The molecule has 0 bridgehead atoms. The number of esters is 1. The van der Waals surface area contributed by atoms with Crippen LogP contribution in [0.15, 0.2) is 36.4 Å². The van der Waals surface area contributed by atoms with Gasteiger partial charge in [-0.15, -0.1) is 0 Å². The lowest BCUT2D eigenvalue weighted by Gasteiger charge is -2.43. The average molecular weight is 442 g/mol. The molecule has 0 aromatic heterocycles. The zero-order valence-electron chi connectivity index (χ0n) is 16.3. The van der Waals surface area contributed by atoms with Crippen molar-refractivity contribution in [2.24, 2.45) is 11.6 Å². The van der Waals surface area contributed by atoms with Crippen LogP contribution in [0, 0.1) is 0 Å². The fraction of sp³-hybridized carbons (Fsp3) is 0.444. The second-order valence-corrected chi connectivity index (χ2v) is 6.84. The molecule has 30 heavy (non-hydrogen) atoms. The van der Waals surface area contributed by atoms with E-state index < -0.39 is 40.9 Å². The third-order valence-corrected chi connectivity index (χ3v) is 4.62. The molecule has 5 N–H and O–H groups in total. The summed E-state index contributed by atoms with van der Waals surface area (Å²) < 4.78 is 35.4. The molecule has 0 fully saturated rings. The summed E-state index contributed by atoms with van der Waals surface area (Å²) in [6.45, 7) is 1.45. The molecule has 1 aromatic carbocycles. The summed E-state index contributed by atoms with van der Waals surface area (Å²) in [5.41, 5.74) is 1.37. The van der Waals surface area contributed by atoms with E-state index in [0.29, 0.717) is 18.4 Å². The third-order valence-electron chi connectivity index (χ3n) is 4.15. The van der Waals surface area contributed by atoms with Crippen LogP contribution in [-0.4, -0.2) is 44.5 Å². The number of hydrogen-bond donors (Lipinski definition) is 3. The first kappa shape index (κ1) is 25.6. The number of nitrogens with two attached hydrogens (primary N) is 2. The summed E-state index contributed by atoms with van der Waals surface area (Å²) in [4.78, 5) is 40.6. The lowest BCUT2D eigenvalue weighted by atomic mass is 9.84. The highest BCUT2D eigenvalue weighted by Crippen LogP contribution is 2.30. The molecular formula is C18H24N3O8S-. The van der Waals surface area contributed by atoms with Crippen LogP contribution in [0.25, 0.3) is 0 Å². The van der Waals surface area contributed by atoms with Crippen molar-refractivity contribution in [1.29, 1.82) is 0 Å². The summed E-state index contributed by atoms with van der Waals surface area (Å²) in [7, 11) is 0. The highest BCUT2D eigenvalue weighted by Gasteiger charge is 2.64. The molecule has 12 heteroatoms. The van der Waals surface area contributed by atoms with Gasteiger partial charge >= 0.3 is 11.9 Å². The molecule has 1 aromatic rings. The molecular weight excluding hydrogens is 418 g/mol. The molecule has 0 saturated heterocycles. The van der Waals surface area contributed by atoms with E-state index in [1.807, 2.05) is 6.92 Å². The predicted molar refractivity (Wildman–Crippen MR) is 104 cm³/mol. The lowest BCUT2D eigenvalue weighted by Crippen LogP contribution is -2.77. The summed E-state index contributed by atoms with van der Waals surface area (Å²) >= 11 is -3.21. The Balaban J connectivity index is 3.45. The Hall–Kier alpha value is -2.44. The monoisotopic (exact) mass is 442 g/mol. The third kappa shape index (κ3) is 6.28. The maximum atomic E-state index is 13.0. The number of nitrogens with one attached hydrogen (secondary N) is 1. The highest BCUT2D eigenvalue weighted by molar-refractivity contribution is 7.77. The summed E-state index contributed by atoms with van der Waals surface area (Å²) in [6.07, 6.45) is 1.37. The van der Waals surface area contributed by atoms with Gasteiger partial charge in [-0.05, 0) is 12.0 Å². The normalized spacial score (nSPS) is 15.7. The highest BCUT2D eigenvalue weighted by atomic mass is 32.2. The first-order chi connectivity index (χ1) is 14.3. The Morgan fingerprint density at radius 3 is 2.50 bits per heavy atom. The zero-order chi connectivity index (χ0) is 22.6. The molecule has 0 amide bonds. The second kappa shape index (κ2) is 12.3. The van der Waals surface area contributed by atoms with Crippen LogP contribution in [0.2, 0.25) is 0 Å². The standard InChI is InChI=1S/C18H25N3O8S/c1-2-3-12-28-17(19,10-7-11-22)18(16(24)29-20,21-30(25)26)15(23)27-13-14-8-5-4-6-9-14/h4-9,21H,2-3,10,12-13,19-20H2,1H3,(H,25,26)/p-1/t17?,18-/m0/s1. The minimum Gasteiger partial charge on any atom is -0.760 e. The van der Waals surface area contributed by atoms with Gasteiger partial charge in [0.15, 0.2) is 5.72 Å². The van der Waals surface area contributed by atoms with Crippen LogP contribution in [0.4, 0.5) is 0 Å². The van der Waals surface area contributed by atoms with Crippen LogP contribution < -0.4 is 16.4 Å². The van der Waals surface area contributed by atoms with Crippen molar-refractivity contribution in [2.45, 2.75) is 44.1 Å². The number of hydrogen-bond acceptors (Lipinski definition) is 10. The van der Waals surface area contributed by atoms with Crippen molar-refractivity contribution >= 4 is 29.1 Å². The molecule has 3 atom stereocenters. The lowest BCUT2D eigenvalue weighted by molar-refractivity contribution is -0.188. The second-order valence-electron chi connectivity index (χ2n) is 6.17. The summed E-state index contributed by atoms with van der Waals surface area (Å²) in [5, 5.41) is 0. The van der Waals surface area contributed by atoms with Crippen molar-refractivity contribution in [1.82, 2.24) is 4.72 Å². The topological polar surface area (TPSA) is 183 Å². The SMILES string of the molecule is CCCCOC(N)(CC=C=O)[C@@](NS(=O)[O-])(C(=O)ON)C(=O)OCc1ccccc1. The fourth-order valence-electron chi connectivity index (χ4n) is 2.56.